The second kappa shape index (κ2) is 3.67. The summed E-state index contributed by atoms with van der Waals surface area (Å²) < 4.78 is 5.61. The van der Waals surface area contributed by atoms with Gasteiger partial charge >= 0.3 is 0 Å². The van der Waals surface area contributed by atoms with Crippen LogP contribution in [0.2, 0.25) is 0 Å². The summed E-state index contributed by atoms with van der Waals surface area (Å²) in [4.78, 5) is 14.9. The first kappa shape index (κ1) is 9.19. The van der Waals surface area contributed by atoms with Gasteiger partial charge in [-0.05, 0) is 22.0 Å². The fraction of sp³-hybridized carbons (Fsp3) is 0.250. The van der Waals surface area contributed by atoms with Gasteiger partial charge in [0.2, 0.25) is 0 Å². The van der Waals surface area contributed by atoms with Crippen LogP contribution in [-0.4, -0.2) is 17.9 Å². The number of hydrogen-bond acceptors (Lipinski definition) is 3. The molecule has 1 heterocycles. The Hall–Kier alpha value is -0.900. The molecule has 0 unspecified atom stereocenters. The molecule has 0 aromatic carbocycles. The molecule has 0 amide bonds. The van der Waals surface area contributed by atoms with E-state index in [9.17, 15) is 4.79 Å². The Kier molecular flexibility index (Phi) is 2.81. The summed E-state index contributed by atoms with van der Waals surface area (Å²) >= 11 is 3.23. The number of halogens is 1. The molecule has 0 saturated heterocycles. The van der Waals surface area contributed by atoms with Crippen LogP contribution in [0.4, 0.5) is 0 Å². The number of ether oxygens (including phenoxy) is 1. The Morgan fingerprint density at radius 3 is 2.83 bits per heavy atom. The average molecular weight is 230 g/mol. The minimum Gasteiger partial charge on any atom is -0.495 e. The maximum atomic E-state index is 11.0. The van der Waals surface area contributed by atoms with E-state index in [1.54, 1.807) is 19.4 Å². The van der Waals surface area contributed by atoms with Crippen molar-refractivity contribution < 1.29 is 9.53 Å². The fourth-order valence-corrected chi connectivity index (χ4v) is 1.50. The van der Waals surface area contributed by atoms with Gasteiger partial charge in [0.25, 0.3) is 0 Å². The van der Waals surface area contributed by atoms with E-state index in [2.05, 4.69) is 20.9 Å². The highest BCUT2D eigenvalue weighted by molar-refractivity contribution is 9.10. The van der Waals surface area contributed by atoms with E-state index in [0.29, 0.717) is 15.9 Å². The first-order valence-electron chi connectivity index (χ1n) is 3.36. The maximum Gasteiger partial charge on any atom is 0.179 e. The van der Waals surface area contributed by atoms with Crippen molar-refractivity contribution in [3.63, 3.8) is 0 Å². The van der Waals surface area contributed by atoms with Gasteiger partial charge in [-0.2, -0.15) is 0 Å². The number of Topliss-reactive ketones (excluding diaryl/α,β-unsaturated/α-hetero) is 1. The van der Waals surface area contributed by atoms with Crippen molar-refractivity contribution in [2.24, 2.45) is 0 Å². The van der Waals surface area contributed by atoms with Gasteiger partial charge in [0.1, 0.15) is 11.4 Å². The molecule has 12 heavy (non-hydrogen) atoms. The molecule has 0 N–H and O–H groups in total. The summed E-state index contributed by atoms with van der Waals surface area (Å²) in [6.45, 7) is 1.46. The summed E-state index contributed by atoms with van der Waals surface area (Å²) in [6.07, 6.45) is 1.54. The van der Waals surface area contributed by atoms with E-state index in [4.69, 9.17) is 4.74 Å². The molecule has 0 bridgehead atoms. The van der Waals surface area contributed by atoms with Gasteiger partial charge in [0.05, 0.1) is 11.6 Å². The van der Waals surface area contributed by atoms with Gasteiger partial charge in [0, 0.05) is 13.1 Å². The van der Waals surface area contributed by atoms with E-state index in [0.717, 1.165) is 0 Å². The number of nitrogens with zero attached hydrogens (tertiary/aromatic N) is 1. The second-order valence-corrected chi connectivity index (χ2v) is 3.02. The third kappa shape index (κ3) is 1.64. The van der Waals surface area contributed by atoms with Crippen LogP contribution < -0.4 is 4.74 Å². The molecule has 1 aromatic rings. The largest absolute Gasteiger partial charge is 0.495 e. The zero-order valence-corrected chi connectivity index (χ0v) is 8.38. The van der Waals surface area contributed by atoms with Crippen LogP contribution in [0, 0.1) is 0 Å². The van der Waals surface area contributed by atoms with Crippen molar-refractivity contribution in [1.82, 2.24) is 4.98 Å². The molecule has 1 aromatic heterocycles. The zero-order valence-electron chi connectivity index (χ0n) is 6.80. The predicted molar refractivity (Wildman–Crippen MR) is 48.5 cm³/mol. The first-order valence-corrected chi connectivity index (χ1v) is 4.15. The van der Waals surface area contributed by atoms with Gasteiger partial charge in [0.15, 0.2) is 5.78 Å². The van der Waals surface area contributed by atoms with Gasteiger partial charge in [-0.1, -0.05) is 0 Å². The smallest absolute Gasteiger partial charge is 0.179 e. The van der Waals surface area contributed by atoms with Crippen LogP contribution >= 0.6 is 15.9 Å². The van der Waals surface area contributed by atoms with Crippen molar-refractivity contribution in [1.29, 1.82) is 0 Å². The van der Waals surface area contributed by atoms with Crippen molar-refractivity contribution in [3.8, 4) is 5.75 Å². The Morgan fingerprint density at radius 2 is 2.33 bits per heavy atom. The molecule has 0 aliphatic heterocycles. The summed E-state index contributed by atoms with van der Waals surface area (Å²) in [5.41, 5.74) is 0.398. The highest BCUT2D eigenvalue weighted by Gasteiger charge is 2.10. The highest BCUT2D eigenvalue weighted by atomic mass is 79.9. The third-order valence-electron chi connectivity index (χ3n) is 1.41. The Bertz CT molecular complexity index is 312. The molecular weight excluding hydrogens is 222 g/mol. The minimum atomic E-state index is -0.0826. The lowest BCUT2D eigenvalue weighted by atomic mass is 10.2. The predicted octanol–water partition coefficient (Wildman–Crippen LogP) is 2.06. The zero-order chi connectivity index (χ0) is 9.14. The Balaban J connectivity index is 3.23. The quantitative estimate of drug-likeness (QED) is 0.730. The van der Waals surface area contributed by atoms with E-state index >= 15 is 0 Å². The van der Waals surface area contributed by atoms with Gasteiger partial charge in [-0.15, -0.1) is 0 Å². The number of pyridine rings is 1. The molecule has 0 aliphatic carbocycles. The maximum absolute atomic E-state index is 11.0. The Morgan fingerprint density at radius 1 is 1.67 bits per heavy atom. The molecular formula is C8H8BrNO2. The molecule has 64 valence electrons. The molecule has 1 rings (SSSR count). The van der Waals surface area contributed by atoms with Crippen molar-refractivity contribution in [2.45, 2.75) is 6.92 Å². The lowest BCUT2D eigenvalue weighted by Crippen LogP contribution is -1.99. The molecule has 0 radical (unpaired) electrons. The SMILES string of the molecule is COc1ccnc(C(C)=O)c1Br. The standard InChI is InChI=1S/C8H8BrNO2/c1-5(11)8-7(9)6(12-2)3-4-10-8/h3-4H,1-2H3. The topological polar surface area (TPSA) is 39.2 Å². The first-order chi connectivity index (χ1) is 5.66. The summed E-state index contributed by atoms with van der Waals surface area (Å²) in [5, 5.41) is 0. The van der Waals surface area contributed by atoms with Crippen LogP contribution in [0.5, 0.6) is 5.75 Å². The van der Waals surface area contributed by atoms with Gasteiger partial charge in [-0.25, -0.2) is 0 Å². The van der Waals surface area contributed by atoms with E-state index in [-0.39, 0.29) is 5.78 Å². The van der Waals surface area contributed by atoms with Crippen molar-refractivity contribution >= 4 is 21.7 Å². The van der Waals surface area contributed by atoms with Gasteiger partial charge in [-0.3, -0.25) is 9.78 Å². The second-order valence-electron chi connectivity index (χ2n) is 2.23. The molecule has 0 fully saturated rings. The summed E-state index contributed by atoms with van der Waals surface area (Å²) in [5.74, 6) is 0.538. The van der Waals surface area contributed by atoms with Crippen LogP contribution in [0.15, 0.2) is 16.7 Å². The van der Waals surface area contributed by atoms with E-state index in [1.807, 2.05) is 0 Å². The normalized spacial score (nSPS) is 9.58. The highest BCUT2D eigenvalue weighted by Crippen LogP contribution is 2.26. The molecule has 3 nitrogen and oxygen atoms in total. The number of aromatic nitrogens is 1. The third-order valence-corrected chi connectivity index (χ3v) is 2.17. The fourth-order valence-electron chi connectivity index (χ4n) is 0.829. The monoisotopic (exact) mass is 229 g/mol. The number of carbonyl (C=O) groups excluding carboxylic acids is 1. The number of hydrogen-bond donors (Lipinski definition) is 0. The van der Waals surface area contributed by atoms with Gasteiger partial charge < -0.3 is 4.74 Å². The van der Waals surface area contributed by atoms with E-state index < -0.39 is 0 Å². The van der Waals surface area contributed by atoms with Crippen LogP contribution in [0.1, 0.15) is 17.4 Å². The molecule has 0 saturated carbocycles. The minimum absolute atomic E-state index is 0.0826. The molecule has 0 atom stereocenters. The van der Waals surface area contributed by atoms with Crippen molar-refractivity contribution in [2.75, 3.05) is 7.11 Å². The number of ketones is 1. The molecule has 0 aliphatic rings. The lowest BCUT2D eigenvalue weighted by Gasteiger charge is -2.04. The average Bonchev–Trinajstić information content (AvgIpc) is 2.04. The summed E-state index contributed by atoms with van der Waals surface area (Å²) in [7, 11) is 1.55. The van der Waals surface area contributed by atoms with E-state index in [1.165, 1.54) is 6.92 Å². The van der Waals surface area contributed by atoms with Crippen molar-refractivity contribution in [3.05, 3.63) is 22.4 Å². The molecule has 4 heteroatoms. The molecule has 0 spiro atoms. The number of rotatable bonds is 2. The lowest BCUT2D eigenvalue weighted by molar-refractivity contribution is 0.101. The van der Waals surface area contributed by atoms with Crippen LogP contribution in [0.3, 0.4) is 0 Å². The van der Waals surface area contributed by atoms with Crippen LogP contribution in [0.25, 0.3) is 0 Å². The number of carbonyl (C=O) groups is 1. The Labute approximate surface area is 78.9 Å². The van der Waals surface area contributed by atoms with Crippen LogP contribution in [-0.2, 0) is 0 Å². The number of methoxy groups -OCH3 is 1. The summed E-state index contributed by atoms with van der Waals surface area (Å²) in [6, 6.07) is 1.69.